The second kappa shape index (κ2) is 12.7. The van der Waals surface area contributed by atoms with E-state index in [1.54, 1.807) is 52.0 Å². The van der Waals surface area contributed by atoms with Gasteiger partial charge in [-0.25, -0.2) is 14.6 Å². The number of hydrogen-bond acceptors (Lipinski definition) is 6. The van der Waals surface area contributed by atoms with Crippen molar-refractivity contribution < 1.29 is 28.2 Å². The normalized spacial score (nSPS) is 12.5. The number of nitrogens with zero attached hydrogens (tertiary/aromatic N) is 1. The summed E-state index contributed by atoms with van der Waals surface area (Å²) in [6.07, 6.45) is 3.16. The molecule has 10 heteroatoms. The second-order valence-corrected chi connectivity index (χ2v) is 9.22. The summed E-state index contributed by atoms with van der Waals surface area (Å²) in [7, 11) is 1.23. The third-order valence-corrected chi connectivity index (χ3v) is 5.12. The van der Waals surface area contributed by atoms with E-state index in [9.17, 15) is 18.8 Å². The number of hydrogen-bond donors (Lipinski definition) is 3. The first-order chi connectivity index (χ1) is 17.4. The summed E-state index contributed by atoms with van der Waals surface area (Å²) in [5.74, 6) is -1.61. The highest BCUT2D eigenvalue weighted by atomic mass is 19.1. The van der Waals surface area contributed by atoms with Gasteiger partial charge in [0.25, 0.3) is 0 Å². The maximum Gasteiger partial charge on any atom is 0.411 e. The van der Waals surface area contributed by atoms with Crippen LogP contribution in [0.3, 0.4) is 0 Å². The van der Waals surface area contributed by atoms with Gasteiger partial charge in [0, 0.05) is 28.6 Å². The number of carbonyl (C=O) groups excluding carboxylic acids is 3. The highest BCUT2D eigenvalue weighted by molar-refractivity contribution is 5.99. The molecular weight excluding hydrogens is 479 g/mol. The highest BCUT2D eigenvalue weighted by Crippen LogP contribution is 2.33. The molecule has 0 aliphatic rings. The van der Waals surface area contributed by atoms with Gasteiger partial charge in [-0.2, -0.15) is 4.39 Å². The molecule has 0 aliphatic carbocycles. The standard InChI is InChI=1S/C27H33FN4O5/c1-8-10-21(32-26(35)37-27(4,5)6)20-13-17(15-29-23(20)28)19-12-11-18(30-25(34)36-7)14-22(19)31-24(33)16(3)9-2/h8-9,11-16,21H,1-2,10H2,3-7H3,(H,30,34)(H,31,33)(H,32,35)/t16?,21-/m0/s1. The third kappa shape index (κ3) is 8.45. The van der Waals surface area contributed by atoms with E-state index in [1.807, 2.05) is 0 Å². The van der Waals surface area contributed by atoms with E-state index in [-0.39, 0.29) is 17.9 Å². The number of amides is 3. The van der Waals surface area contributed by atoms with Crippen molar-refractivity contribution >= 4 is 29.5 Å². The Labute approximate surface area is 216 Å². The molecule has 0 saturated heterocycles. The van der Waals surface area contributed by atoms with Crippen molar-refractivity contribution in [3.63, 3.8) is 0 Å². The van der Waals surface area contributed by atoms with Gasteiger partial charge >= 0.3 is 12.2 Å². The SMILES string of the molecule is C=CC[C@H](NC(=O)OC(C)(C)C)c1cc(-c2ccc(NC(=O)OC)cc2NC(=O)C(C)C=C)cnc1F. The molecule has 1 aromatic carbocycles. The number of ether oxygens (including phenoxy) is 2. The first-order valence-corrected chi connectivity index (χ1v) is 11.6. The van der Waals surface area contributed by atoms with E-state index in [1.165, 1.54) is 25.4 Å². The van der Waals surface area contributed by atoms with Crippen LogP contribution in [0.15, 0.2) is 55.8 Å². The smallest absolute Gasteiger partial charge is 0.411 e. The van der Waals surface area contributed by atoms with Crippen molar-refractivity contribution in [2.75, 3.05) is 17.7 Å². The summed E-state index contributed by atoms with van der Waals surface area (Å²) in [5.41, 5.74) is 1.04. The van der Waals surface area contributed by atoms with Crippen molar-refractivity contribution in [1.82, 2.24) is 10.3 Å². The maximum absolute atomic E-state index is 14.9. The van der Waals surface area contributed by atoms with Crippen LogP contribution in [0.1, 0.15) is 45.7 Å². The van der Waals surface area contributed by atoms with Gasteiger partial charge in [-0.1, -0.05) is 25.1 Å². The van der Waals surface area contributed by atoms with Gasteiger partial charge < -0.3 is 20.1 Å². The molecule has 3 N–H and O–H groups in total. The molecule has 0 bridgehead atoms. The summed E-state index contributed by atoms with van der Waals surface area (Å²) in [6.45, 7) is 14.2. The van der Waals surface area contributed by atoms with E-state index >= 15 is 0 Å². The van der Waals surface area contributed by atoms with E-state index in [0.717, 1.165) is 0 Å². The number of benzene rings is 1. The number of nitrogens with one attached hydrogen (secondary N) is 3. The average Bonchev–Trinajstić information content (AvgIpc) is 2.82. The van der Waals surface area contributed by atoms with Crippen molar-refractivity contribution in [2.24, 2.45) is 5.92 Å². The minimum absolute atomic E-state index is 0.108. The quantitative estimate of drug-likeness (QED) is 0.281. The number of alkyl carbamates (subject to hydrolysis) is 1. The van der Waals surface area contributed by atoms with E-state index in [2.05, 4.69) is 38.8 Å². The first-order valence-electron chi connectivity index (χ1n) is 11.6. The number of pyridine rings is 1. The van der Waals surface area contributed by atoms with Gasteiger partial charge in [0.1, 0.15) is 5.60 Å². The molecule has 1 unspecified atom stereocenters. The van der Waals surface area contributed by atoms with Crippen LogP contribution in [-0.2, 0) is 14.3 Å². The Morgan fingerprint density at radius 1 is 1.14 bits per heavy atom. The zero-order chi connectivity index (χ0) is 27.8. The fraction of sp³-hybridized carbons (Fsp3) is 0.333. The molecule has 37 heavy (non-hydrogen) atoms. The molecule has 0 aliphatic heterocycles. The number of halogens is 1. The largest absolute Gasteiger partial charge is 0.453 e. The molecule has 3 amide bonds. The molecule has 0 spiro atoms. The summed E-state index contributed by atoms with van der Waals surface area (Å²) in [4.78, 5) is 40.6. The summed E-state index contributed by atoms with van der Waals surface area (Å²) < 4.78 is 24.8. The van der Waals surface area contributed by atoms with Crippen molar-refractivity contribution in [3.8, 4) is 11.1 Å². The molecule has 2 aromatic rings. The lowest BCUT2D eigenvalue weighted by atomic mass is 9.98. The molecule has 0 radical (unpaired) electrons. The van der Waals surface area contributed by atoms with E-state index < -0.39 is 35.7 Å². The predicted octanol–water partition coefficient (Wildman–Crippen LogP) is 5.97. The lowest BCUT2D eigenvalue weighted by Gasteiger charge is -2.24. The van der Waals surface area contributed by atoms with E-state index in [0.29, 0.717) is 22.5 Å². The van der Waals surface area contributed by atoms with Crippen molar-refractivity contribution in [3.05, 3.63) is 67.3 Å². The summed E-state index contributed by atoms with van der Waals surface area (Å²) in [5, 5.41) is 8.01. The average molecular weight is 513 g/mol. The Bertz CT molecular complexity index is 1180. The Balaban J connectivity index is 2.54. The molecule has 0 fully saturated rings. The summed E-state index contributed by atoms with van der Waals surface area (Å²) in [6, 6.07) is 5.51. The summed E-state index contributed by atoms with van der Waals surface area (Å²) >= 11 is 0. The Morgan fingerprint density at radius 2 is 1.84 bits per heavy atom. The van der Waals surface area contributed by atoms with Crippen LogP contribution in [0.2, 0.25) is 0 Å². The number of methoxy groups -OCH3 is 1. The fourth-order valence-corrected chi connectivity index (χ4v) is 3.24. The van der Waals surface area contributed by atoms with Crippen LogP contribution >= 0.6 is 0 Å². The van der Waals surface area contributed by atoms with Crippen LogP contribution in [0.25, 0.3) is 11.1 Å². The molecule has 2 atom stereocenters. The Morgan fingerprint density at radius 3 is 2.43 bits per heavy atom. The fourth-order valence-electron chi connectivity index (χ4n) is 3.24. The van der Waals surface area contributed by atoms with Gasteiger partial charge in [-0.15, -0.1) is 13.2 Å². The molecule has 0 saturated carbocycles. The number of aromatic nitrogens is 1. The van der Waals surface area contributed by atoms with Crippen LogP contribution in [0.4, 0.5) is 25.4 Å². The molecule has 1 heterocycles. The molecule has 198 valence electrons. The lowest BCUT2D eigenvalue weighted by Crippen LogP contribution is -2.35. The monoisotopic (exact) mass is 512 g/mol. The minimum Gasteiger partial charge on any atom is -0.453 e. The van der Waals surface area contributed by atoms with Gasteiger partial charge in [-0.05, 0) is 45.4 Å². The van der Waals surface area contributed by atoms with Gasteiger partial charge in [0.05, 0.1) is 24.8 Å². The third-order valence-electron chi connectivity index (χ3n) is 5.12. The second-order valence-electron chi connectivity index (χ2n) is 9.22. The first kappa shape index (κ1) is 29.0. The zero-order valence-corrected chi connectivity index (χ0v) is 21.7. The number of anilines is 2. The van der Waals surface area contributed by atoms with Gasteiger partial charge in [0.15, 0.2) is 0 Å². The number of carbonyl (C=O) groups is 3. The van der Waals surface area contributed by atoms with E-state index in [4.69, 9.17) is 4.74 Å². The lowest BCUT2D eigenvalue weighted by molar-refractivity contribution is -0.118. The van der Waals surface area contributed by atoms with Crippen LogP contribution in [0, 0.1) is 11.9 Å². The molecule has 1 aromatic heterocycles. The predicted molar refractivity (Wildman–Crippen MR) is 141 cm³/mol. The van der Waals surface area contributed by atoms with Crippen molar-refractivity contribution in [2.45, 2.75) is 45.8 Å². The van der Waals surface area contributed by atoms with Crippen LogP contribution in [-0.4, -0.2) is 35.8 Å². The Kier molecular flexibility index (Phi) is 9.93. The minimum atomic E-state index is -0.807. The Hall–Kier alpha value is -4.21. The van der Waals surface area contributed by atoms with Crippen LogP contribution in [0.5, 0.6) is 0 Å². The van der Waals surface area contributed by atoms with Crippen molar-refractivity contribution in [1.29, 1.82) is 0 Å². The van der Waals surface area contributed by atoms with Crippen LogP contribution < -0.4 is 16.0 Å². The number of rotatable bonds is 9. The molecule has 9 nitrogen and oxygen atoms in total. The molecule has 2 rings (SSSR count). The topological polar surface area (TPSA) is 119 Å². The molecular formula is C27H33FN4O5. The van der Waals surface area contributed by atoms with Gasteiger partial charge in [-0.3, -0.25) is 10.1 Å². The highest BCUT2D eigenvalue weighted by Gasteiger charge is 2.24. The van der Waals surface area contributed by atoms with Gasteiger partial charge in [0.2, 0.25) is 11.9 Å². The zero-order valence-electron chi connectivity index (χ0n) is 21.7. The maximum atomic E-state index is 14.9.